The molecule has 8 heteroatoms. The summed E-state index contributed by atoms with van der Waals surface area (Å²) in [7, 11) is 1.55. The molecule has 0 fully saturated rings. The minimum absolute atomic E-state index is 0.206. The number of carbonyl (C=O) groups is 1. The van der Waals surface area contributed by atoms with Crippen LogP contribution in [0.15, 0.2) is 42.6 Å². The summed E-state index contributed by atoms with van der Waals surface area (Å²) in [6.45, 7) is 0.900. The van der Waals surface area contributed by atoms with Crippen molar-refractivity contribution in [3.05, 3.63) is 53.2 Å². The molecule has 0 saturated carbocycles. The van der Waals surface area contributed by atoms with Crippen LogP contribution in [0.2, 0.25) is 5.02 Å². The number of nitrogens with one attached hydrogen (secondary N) is 3. The van der Waals surface area contributed by atoms with Gasteiger partial charge in [-0.15, -0.1) is 0 Å². The summed E-state index contributed by atoms with van der Waals surface area (Å²) in [6.07, 6.45) is 1.71. The molecule has 0 saturated heterocycles. The van der Waals surface area contributed by atoms with E-state index in [4.69, 9.17) is 22.1 Å². The molecular weight excluding hydrogens is 354 g/mol. The summed E-state index contributed by atoms with van der Waals surface area (Å²) in [5, 5.41) is 14.3. The Balaban J connectivity index is 1.83. The Labute approximate surface area is 155 Å². The Bertz CT molecular complexity index is 911. The molecule has 0 spiro atoms. The molecule has 26 heavy (non-hydrogen) atoms. The van der Waals surface area contributed by atoms with Crippen molar-refractivity contribution in [1.29, 1.82) is 0 Å². The third-order valence-electron chi connectivity index (χ3n) is 3.97. The van der Waals surface area contributed by atoms with E-state index in [1.54, 1.807) is 31.5 Å². The van der Waals surface area contributed by atoms with Crippen LogP contribution in [-0.4, -0.2) is 36.3 Å². The lowest BCUT2D eigenvalue weighted by Crippen LogP contribution is -2.35. The van der Waals surface area contributed by atoms with Crippen LogP contribution < -0.4 is 21.1 Å². The molecule has 3 aromatic rings. The summed E-state index contributed by atoms with van der Waals surface area (Å²) in [4.78, 5) is 12.8. The number of methoxy groups -OCH3 is 1. The number of carbonyl (C=O) groups excluding carboxylic acids is 1. The van der Waals surface area contributed by atoms with Crippen molar-refractivity contribution in [2.24, 2.45) is 5.73 Å². The number of anilines is 1. The monoisotopic (exact) mass is 373 g/mol. The molecule has 5 N–H and O–H groups in total. The lowest BCUT2D eigenvalue weighted by atomic mass is 10.1. The summed E-state index contributed by atoms with van der Waals surface area (Å²) in [5.74, 6) is 0.348. The van der Waals surface area contributed by atoms with Crippen molar-refractivity contribution in [3.8, 4) is 5.75 Å². The van der Waals surface area contributed by atoms with Gasteiger partial charge >= 0.3 is 0 Å². The van der Waals surface area contributed by atoms with E-state index in [9.17, 15) is 4.79 Å². The second-order valence-corrected chi connectivity index (χ2v) is 6.14. The number of H-pyrrole nitrogens is 1. The number of halogens is 1. The smallest absolute Gasteiger partial charge is 0.246 e. The van der Waals surface area contributed by atoms with E-state index in [0.29, 0.717) is 29.5 Å². The van der Waals surface area contributed by atoms with Crippen LogP contribution in [0.1, 0.15) is 11.6 Å². The Morgan fingerprint density at radius 3 is 2.92 bits per heavy atom. The number of rotatable bonds is 7. The highest BCUT2D eigenvalue weighted by Gasteiger charge is 2.21. The molecule has 1 amide bonds. The highest BCUT2D eigenvalue weighted by atomic mass is 35.5. The third-order valence-corrected chi connectivity index (χ3v) is 4.27. The van der Waals surface area contributed by atoms with E-state index >= 15 is 0 Å². The Hall–Kier alpha value is -2.61. The fourth-order valence-electron chi connectivity index (χ4n) is 2.69. The topological polar surface area (TPSA) is 105 Å². The number of nitrogens with two attached hydrogens (primary N) is 1. The Kier molecular flexibility index (Phi) is 5.72. The predicted molar refractivity (Wildman–Crippen MR) is 103 cm³/mol. The third kappa shape index (κ3) is 3.96. The maximum Gasteiger partial charge on any atom is 0.246 e. The molecule has 1 aromatic heterocycles. The van der Waals surface area contributed by atoms with Crippen molar-refractivity contribution < 1.29 is 9.53 Å². The van der Waals surface area contributed by atoms with Crippen molar-refractivity contribution >= 4 is 34.1 Å². The molecule has 0 aliphatic carbocycles. The summed E-state index contributed by atoms with van der Waals surface area (Å²) in [5.41, 5.74) is 7.90. The molecule has 1 heterocycles. The first kappa shape index (κ1) is 18.2. The normalized spacial score (nSPS) is 12.1. The average Bonchev–Trinajstić information content (AvgIpc) is 3.10. The number of aromatic nitrogens is 2. The molecule has 136 valence electrons. The molecule has 7 nitrogen and oxygen atoms in total. The number of aromatic amines is 1. The number of benzene rings is 2. The van der Waals surface area contributed by atoms with E-state index in [-0.39, 0.29) is 5.91 Å². The number of fused-ring (bicyclic) bond motifs is 1. The van der Waals surface area contributed by atoms with Gasteiger partial charge in [0.05, 0.1) is 23.8 Å². The van der Waals surface area contributed by atoms with Crippen molar-refractivity contribution in [1.82, 2.24) is 15.5 Å². The van der Waals surface area contributed by atoms with Crippen molar-refractivity contribution in [2.75, 3.05) is 25.5 Å². The lowest BCUT2D eigenvalue weighted by molar-refractivity contribution is -0.118. The van der Waals surface area contributed by atoms with Crippen LogP contribution in [-0.2, 0) is 4.79 Å². The van der Waals surface area contributed by atoms with Crippen LogP contribution in [0, 0.1) is 0 Å². The highest BCUT2D eigenvalue weighted by Crippen LogP contribution is 2.28. The standard InChI is InChI=1S/C18H20ClN5O2/c1-26-16-5-2-11(9-14(16)19)17(21-7-6-20)18(25)23-13-3-4-15-12(8-13)10-22-24-15/h2-5,8-10,17,21H,6-7,20H2,1H3,(H,22,24)(H,23,25). The molecule has 0 bridgehead atoms. The summed E-state index contributed by atoms with van der Waals surface area (Å²) < 4.78 is 5.17. The van der Waals surface area contributed by atoms with E-state index in [2.05, 4.69) is 20.8 Å². The lowest BCUT2D eigenvalue weighted by Gasteiger charge is -2.19. The van der Waals surface area contributed by atoms with Crippen LogP contribution in [0.5, 0.6) is 5.75 Å². The van der Waals surface area contributed by atoms with E-state index in [1.807, 2.05) is 18.2 Å². The van der Waals surface area contributed by atoms with E-state index in [0.717, 1.165) is 16.5 Å². The fraction of sp³-hybridized carbons (Fsp3) is 0.222. The van der Waals surface area contributed by atoms with E-state index < -0.39 is 6.04 Å². The Morgan fingerprint density at radius 1 is 1.35 bits per heavy atom. The maximum atomic E-state index is 12.8. The van der Waals surface area contributed by atoms with Gasteiger partial charge in [0.2, 0.25) is 5.91 Å². The minimum atomic E-state index is -0.595. The quantitative estimate of drug-likeness (QED) is 0.509. The number of hydrogen-bond acceptors (Lipinski definition) is 5. The van der Waals surface area contributed by atoms with Crippen LogP contribution in [0.3, 0.4) is 0 Å². The van der Waals surface area contributed by atoms with Gasteiger partial charge in [-0.25, -0.2) is 0 Å². The van der Waals surface area contributed by atoms with Gasteiger partial charge in [-0.2, -0.15) is 5.10 Å². The number of ether oxygens (including phenoxy) is 1. The Morgan fingerprint density at radius 2 is 2.19 bits per heavy atom. The SMILES string of the molecule is COc1ccc(C(NCCN)C(=O)Nc2ccc3[nH]ncc3c2)cc1Cl. The van der Waals surface area contributed by atoms with E-state index in [1.165, 1.54) is 0 Å². The van der Waals surface area contributed by atoms with Crippen molar-refractivity contribution in [2.45, 2.75) is 6.04 Å². The zero-order valence-electron chi connectivity index (χ0n) is 14.3. The van der Waals surface area contributed by atoms with Gasteiger partial charge in [0.15, 0.2) is 0 Å². The predicted octanol–water partition coefficient (Wildman–Crippen LogP) is 2.45. The fourth-order valence-corrected chi connectivity index (χ4v) is 2.95. The number of nitrogens with zero attached hydrogens (tertiary/aromatic N) is 1. The van der Waals surface area contributed by atoms with Crippen LogP contribution >= 0.6 is 11.6 Å². The highest BCUT2D eigenvalue weighted by molar-refractivity contribution is 6.32. The second-order valence-electron chi connectivity index (χ2n) is 5.73. The number of hydrogen-bond donors (Lipinski definition) is 4. The largest absolute Gasteiger partial charge is 0.495 e. The average molecular weight is 374 g/mol. The molecule has 1 unspecified atom stereocenters. The first-order valence-electron chi connectivity index (χ1n) is 8.13. The minimum Gasteiger partial charge on any atom is -0.495 e. The first-order chi connectivity index (χ1) is 12.6. The first-order valence-corrected chi connectivity index (χ1v) is 8.51. The van der Waals surface area contributed by atoms with Crippen LogP contribution in [0.4, 0.5) is 5.69 Å². The van der Waals surface area contributed by atoms with Gasteiger partial charge in [-0.05, 0) is 35.9 Å². The summed E-state index contributed by atoms with van der Waals surface area (Å²) in [6, 6.07) is 10.2. The van der Waals surface area contributed by atoms with Gasteiger partial charge in [-0.1, -0.05) is 17.7 Å². The zero-order valence-corrected chi connectivity index (χ0v) is 15.0. The molecule has 0 aliphatic heterocycles. The molecule has 0 aliphatic rings. The van der Waals surface area contributed by atoms with Gasteiger partial charge < -0.3 is 21.1 Å². The van der Waals surface area contributed by atoms with Gasteiger partial charge in [0, 0.05) is 24.2 Å². The summed E-state index contributed by atoms with van der Waals surface area (Å²) >= 11 is 6.21. The molecule has 0 radical (unpaired) electrons. The number of amides is 1. The maximum absolute atomic E-state index is 12.8. The zero-order chi connectivity index (χ0) is 18.5. The van der Waals surface area contributed by atoms with Gasteiger partial charge in [0.1, 0.15) is 11.8 Å². The molecule has 2 aromatic carbocycles. The molecule has 3 rings (SSSR count). The second kappa shape index (κ2) is 8.18. The van der Waals surface area contributed by atoms with Gasteiger partial charge in [-0.3, -0.25) is 9.89 Å². The molecule has 1 atom stereocenters. The molecular formula is C18H20ClN5O2. The van der Waals surface area contributed by atoms with Crippen LogP contribution in [0.25, 0.3) is 10.9 Å². The van der Waals surface area contributed by atoms with Gasteiger partial charge in [0.25, 0.3) is 0 Å². The van der Waals surface area contributed by atoms with Crippen molar-refractivity contribution in [3.63, 3.8) is 0 Å².